The lowest BCUT2D eigenvalue weighted by Gasteiger charge is -2.41. The molecule has 21 heavy (non-hydrogen) atoms. The number of likely N-dealkylation sites (N-methyl/N-ethyl adjacent to an activating group) is 1. The number of hydrogen-bond acceptors (Lipinski definition) is 3. The maximum atomic E-state index is 12.5. The Labute approximate surface area is 121 Å². The lowest BCUT2D eigenvalue weighted by Crippen LogP contribution is -2.57. The number of halogens is 3. The van der Waals surface area contributed by atoms with Crippen molar-refractivity contribution in [1.82, 2.24) is 14.7 Å². The zero-order valence-corrected chi connectivity index (χ0v) is 12.1. The van der Waals surface area contributed by atoms with Gasteiger partial charge in [0, 0.05) is 25.7 Å². The number of hydrogen-bond donors (Lipinski definition) is 1. The smallest absolute Gasteiger partial charge is 0.406 e. The highest BCUT2D eigenvalue weighted by atomic mass is 19.4. The van der Waals surface area contributed by atoms with Crippen LogP contribution < -0.4 is 0 Å². The molecule has 1 aliphatic heterocycles. The summed E-state index contributed by atoms with van der Waals surface area (Å²) in [6, 6.07) is -0.845. The number of carbonyl (C=O) groups is 2. The Kier molecular flexibility index (Phi) is 5.82. The Balaban J connectivity index is 2.74. The molecule has 1 saturated heterocycles. The van der Waals surface area contributed by atoms with Crippen molar-refractivity contribution in [1.29, 1.82) is 0 Å². The van der Waals surface area contributed by atoms with Crippen LogP contribution in [0.2, 0.25) is 0 Å². The van der Waals surface area contributed by atoms with Gasteiger partial charge in [0.15, 0.2) is 0 Å². The summed E-state index contributed by atoms with van der Waals surface area (Å²) < 4.78 is 37.4. The fraction of sp³-hybridized carbons (Fsp3) is 0.833. The normalized spacial score (nSPS) is 20.4. The topological polar surface area (TPSA) is 64.1 Å². The molecule has 1 atom stereocenters. The first-order valence-corrected chi connectivity index (χ1v) is 6.70. The number of piperazine rings is 1. The molecule has 1 heterocycles. The number of aliphatic carboxylic acids is 1. The van der Waals surface area contributed by atoms with E-state index in [1.54, 1.807) is 0 Å². The van der Waals surface area contributed by atoms with E-state index in [9.17, 15) is 22.8 Å². The average Bonchev–Trinajstić information content (AvgIpc) is 2.34. The number of rotatable bonds is 4. The monoisotopic (exact) mass is 311 g/mol. The van der Waals surface area contributed by atoms with Crippen LogP contribution in [-0.2, 0) is 4.79 Å². The van der Waals surface area contributed by atoms with Gasteiger partial charge in [-0.1, -0.05) is 6.92 Å². The summed E-state index contributed by atoms with van der Waals surface area (Å²) in [5.74, 6) is -1.46. The fourth-order valence-electron chi connectivity index (χ4n) is 2.41. The Bertz CT molecular complexity index is 390. The van der Waals surface area contributed by atoms with Crippen LogP contribution in [0.1, 0.15) is 13.8 Å². The number of alkyl halides is 3. The molecule has 0 radical (unpaired) electrons. The summed E-state index contributed by atoms with van der Waals surface area (Å²) in [5, 5.41) is 8.67. The standard InChI is InChI=1S/C12H20F3N3O3/c1-3-16-4-5-17(6-9(16)2)11(21)18(7-10(19)20)8-12(13,14)15/h9H,3-8H2,1-2H3,(H,19,20). The SMILES string of the molecule is CCN1CCN(C(=O)N(CC(=O)O)CC(F)(F)F)CC1C. The second kappa shape index (κ2) is 6.97. The van der Waals surface area contributed by atoms with E-state index in [1.807, 2.05) is 13.8 Å². The number of carboxylic acid groups (broad SMARTS) is 1. The number of amides is 2. The zero-order chi connectivity index (χ0) is 16.2. The van der Waals surface area contributed by atoms with E-state index in [1.165, 1.54) is 4.90 Å². The first-order chi connectivity index (χ1) is 9.64. The second-order valence-electron chi connectivity index (χ2n) is 5.07. The van der Waals surface area contributed by atoms with Crippen molar-refractivity contribution in [2.75, 3.05) is 39.3 Å². The highest BCUT2D eigenvalue weighted by Crippen LogP contribution is 2.18. The van der Waals surface area contributed by atoms with Gasteiger partial charge in [-0.3, -0.25) is 9.69 Å². The van der Waals surface area contributed by atoms with Gasteiger partial charge in [0.2, 0.25) is 0 Å². The summed E-state index contributed by atoms with van der Waals surface area (Å²) in [4.78, 5) is 26.5. The molecule has 0 saturated carbocycles. The van der Waals surface area contributed by atoms with Crippen molar-refractivity contribution in [2.24, 2.45) is 0 Å². The number of urea groups is 1. The Hall–Kier alpha value is -1.51. The van der Waals surface area contributed by atoms with Crippen molar-refractivity contribution in [3.8, 4) is 0 Å². The number of nitrogens with zero attached hydrogens (tertiary/aromatic N) is 3. The van der Waals surface area contributed by atoms with Crippen molar-refractivity contribution >= 4 is 12.0 Å². The van der Waals surface area contributed by atoms with Crippen LogP contribution in [0.5, 0.6) is 0 Å². The molecule has 0 bridgehead atoms. The molecular weight excluding hydrogens is 291 g/mol. The van der Waals surface area contributed by atoms with E-state index < -0.39 is 31.3 Å². The van der Waals surface area contributed by atoms with Crippen LogP contribution in [0.3, 0.4) is 0 Å². The van der Waals surface area contributed by atoms with Gasteiger partial charge < -0.3 is 14.9 Å². The lowest BCUT2D eigenvalue weighted by molar-refractivity contribution is -0.150. The summed E-state index contributed by atoms with van der Waals surface area (Å²) in [5.41, 5.74) is 0. The van der Waals surface area contributed by atoms with E-state index in [2.05, 4.69) is 4.90 Å². The summed E-state index contributed by atoms with van der Waals surface area (Å²) in [7, 11) is 0. The van der Waals surface area contributed by atoms with Gasteiger partial charge in [-0.25, -0.2) is 4.79 Å². The van der Waals surface area contributed by atoms with Crippen LogP contribution in [0.4, 0.5) is 18.0 Å². The molecule has 0 aliphatic carbocycles. The predicted molar refractivity (Wildman–Crippen MR) is 68.9 cm³/mol. The van der Waals surface area contributed by atoms with Crippen LogP contribution in [-0.4, -0.2) is 83.3 Å². The highest BCUT2D eigenvalue weighted by Gasteiger charge is 2.37. The molecule has 1 aliphatic rings. The van der Waals surface area contributed by atoms with Crippen molar-refractivity contribution < 1.29 is 27.9 Å². The summed E-state index contributed by atoms with van der Waals surface area (Å²) in [6.45, 7) is 3.29. The van der Waals surface area contributed by atoms with Gasteiger partial charge in [-0.15, -0.1) is 0 Å². The first-order valence-electron chi connectivity index (χ1n) is 6.70. The molecule has 1 rings (SSSR count). The first kappa shape index (κ1) is 17.5. The molecule has 1 N–H and O–H groups in total. The van der Waals surface area contributed by atoms with Crippen molar-refractivity contribution in [3.05, 3.63) is 0 Å². The Morgan fingerprint density at radius 1 is 1.33 bits per heavy atom. The van der Waals surface area contributed by atoms with Gasteiger partial charge in [0.25, 0.3) is 0 Å². The predicted octanol–water partition coefficient (Wildman–Crippen LogP) is 1.08. The molecule has 6 nitrogen and oxygen atoms in total. The molecule has 9 heteroatoms. The summed E-state index contributed by atoms with van der Waals surface area (Å²) >= 11 is 0. The van der Waals surface area contributed by atoms with E-state index in [0.717, 1.165) is 6.54 Å². The third-order valence-corrected chi connectivity index (χ3v) is 3.41. The number of carboxylic acids is 1. The minimum atomic E-state index is -4.62. The minimum absolute atomic E-state index is 0.0327. The van der Waals surface area contributed by atoms with E-state index in [4.69, 9.17) is 5.11 Å². The maximum Gasteiger partial charge on any atom is 0.406 e. The lowest BCUT2D eigenvalue weighted by atomic mass is 10.2. The van der Waals surface area contributed by atoms with Crippen LogP contribution in [0.15, 0.2) is 0 Å². The van der Waals surface area contributed by atoms with Crippen LogP contribution >= 0.6 is 0 Å². The van der Waals surface area contributed by atoms with Gasteiger partial charge in [0.05, 0.1) is 0 Å². The van der Waals surface area contributed by atoms with E-state index >= 15 is 0 Å². The van der Waals surface area contributed by atoms with E-state index in [-0.39, 0.29) is 6.04 Å². The minimum Gasteiger partial charge on any atom is -0.480 e. The van der Waals surface area contributed by atoms with Crippen LogP contribution in [0, 0.1) is 0 Å². The van der Waals surface area contributed by atoms with Crippen molar-refractivity contribution in [3.63, 3.8) is 0 Å². The summed E-state index contributed by atoms with van der Waals surface area (Å²) in [6.07, 6.45) is -4.62. The molecule has 0 spiro atoms. The van der Waals surface area contributed by atoms with Gasteiger partial charge in [-0.05, 0) is 13.5 Å². The Morgan fingerprint density at radius 3 is 2.38 bits per heavy atom. The number of carbonyl (C=O) groups excluding carboxylic acids is 1. The second-order valence-corrected chi connectivity index (χ2v) is 5.07. The Morgan fingerprint density at radius 2 is 1.95 bits per heavy atom. The molecule has 0 aromatic heterocycles. The average molecular weight is 311 g/mol. The molecule has 2 amide bonds. The molecular formula is C12H20F3N3O3. The molecule has 1 fully saturated rings. The van der Waals surface area contributed by atoms with Crippen molar-refractivity contribution in [2.45, 2.75) is 26.1 Å². The van der Waals surface area contributed by atoms with Gasteiger partial charge in [-0.2, -0.15) is 13.2 Å². The molecule has 122 valence electrons. The highest BCUT2D eigenvalue weighted by molar-refractivity contribution is 5.80. The van der Waals surface area contributed by atoms with E-state index in [0.29, 0.717) is 24.5 Å². The quantitative estimate of drug-likeness (QED) is 0.844. The maximum absolute atomic E-state index is 12.5. The zero-order valence-electron chi connectivity index (χ0n) is 12.1. The third-order valence-electron chi connectivity index (χ3n) is 3.41. The molecule has 0 aromatic rings. The molecule has 1 unspecified atom stereocenters. The largest absolute Gasteiger partial charge is 0.480 e. The van der Waals surface area contributed by atoms with Gasteiger partial charge in [0.1, 0.15) is 13.1 Å². The van der Waals surface area contributed by atoms with Gasteiger partial charge >= 0.3 is 18.2 Å². The molecule has 0 aromatic carbocycles. The fourth-order valence-corrected chi connectivity index (χ4v) is 2.41. The van der Waals surface area contributed by atoms with Crippen LogP contribution in [0.25, 0.3) is 0 Å². The third kappa shape index (κ3) is 5.41.